The van der Waals surface area contributed by atoms with Crippen LogP contribution in [0.25, 0.3) is 16.8 Å². The molecule has 3 aromatic rings. The molecular formula is C16H11F3N2O. The minimum atomic E-state index is -4.58. The van der Waals surface area contributed by atoms with Crippen LogP contribution < -0.4 is 5.56 Å². The lowest BCUT2D eigenvalue weighted by Gasteiger charge is -2.07. The van der Waals surface area contributed by atoms with E-state index in [-0.39, 0.29) is 0 Å². The molecule has 1 N–H and O–H groups in total. The summed E-state index contributed by atoms with van der Waals surface area (Å²) < 4.78 is 38.9. The fourth-order valence-electron chi connectivity index (χ4n) is 2.19. The van der Waals surface area contributed by atoms with Crippen LogP contribution in [-0.2, 0) is 6.18 Å². The Morgan fingerprint density at radius 3 is 2.18 bits per heavy atom. The Kier molecular flexibility index (Phi) is 3.36. The number of alkyl halides is 3. The third kappa shape index (κ3) is 2.67. The number of hydrogen-bond acceptors (Lipinski definition) is 1. The van der Waals surface area contributed by atoms with Gasteiger partial charge in [0.2, 0.25) is 0 Å². The van der Waals surface area contributed by atoms with Gasteiger partial charge in [-0.2, -0.15) is 13.2 Å². The van der Waals surface area contributed by atoms with Gasteiger partial charge < -0.3 is 0 Å². The van der Waals surface area contributed by atoms with Crippen molar-refractivity contribution in [1.29, 1.82) is 0 Å². The van der Waals surface area contributed by atoms with Gasteiger partial charge in [0.25, 0.3) is 5.56 Å². The van der Waals surface area contributed by atoms with Crippen LogP contribution >= 0.6 is 0 Å². The summed E-state index contributed by atoms with van der Waals surface area (Å²) in [6.45, 7) is 0. The molecule has 0 aliphatic heterocycles. The van der Waals surface area contributed by atoms with Crippen molar-refractivity contribution >= 4 is 0 Å². The van der Waals surface area contributed by atoms with E-state index in [2.05, 4.69) is 5.10 Å². The standard InChI is InChI=1S/C16H11F3N2O/c17-16(18,19)14-10-15(22)21(20-14)13-8-4-7-12(9-13)11-5-2-1-3-6-11/h1-10,20H. The molecule has 0 radical (unpaired) electrons. The molecule has 0 aliphatic rings. The quantitative estimate of drug-likeness (QED) is 0.767. The van der Waals surface area contributed by atoms with E-state index in [1.807, 2.05) is 36.4 Å². The molecule has 0 saturated heterocycles. The van der Waals surface area contributed by atoms with Crippen molar-refractivity contribution in [3.8, 4) is 16.8 Å². The molecule has 22 heavy (non-hydrogen) atoms. The molecule has 1 aromatic heterocycles. The number of aromatic nitrogens is 2. The highest BCUT2D eigenvalue weighted by atomic mass is 19.4. The highest BCUT2D eigenvalue weighted by Crippen LogP contribution is 2.27. The summed E-state index contributed by atoms with van der Waals surface area (Å²) in [4.78, 5) is 11.8. The molecule has 1 heterocycles. The first-order chi connectivity index (χ1) is 10.4. The predicted octanol–water partition coefficient (Wildman–Crippen LogP) is 3.85. The van der Waals surface area contributed by atoms with E-state index in [1.165, 1.54) is 0 Å². The monoisotopic (exact) mass is 304 g/mol. The van der Waals surface area contributed by atoms with Gasteiger partial charge in [-0.3, -0.25) is 9.89 Å². The maximum Gasteiger partial charge on any atom is 0.432 e. The number of nitrogens with zero attached hydrogens (tertiary/aromatic N) is 1. The molecule has 3 nitrogen and oxygen atoms in total. The Bertz CT molecular complexity index is 848. The Morgan fingerprint density at radius 2 is 1.55 bits per heavy atom. The zero-order chi connectivity index (χ0) is 15.7. The molecule has 0 atom stereocenters. The average molecular weight is 304 g/mol. The van der Waals surface area contributed by atoms with Gasteiger partial charge >= 0.3 is 6.18 Å². The van der Waals surface area contributed by atoms with Crippen molar-refractivity contribution in [3.63, 3.8) is 0 Å². The molecule has 2 aromatic carbocycles. The van der Waals surface area contributed by atoms with Gasteiger partial charge in [0.1, 0.15) is 5.69 Å². The molecule has 3 rings (SSSR count). The normalized spacial score (nSPS) is 11.6. The summed E-state index contributed by atoms with van der Waals surface area (Å²) in [7, 11) is 0. The van der Waals surface area contributed by atoms with E-state index in [0.29, 0.717) is 11.8 Å². The van der Waals surface area contributed by atoms with Crippen molar-refractivity contribution in [1.82, 2.24) is 9.78 Å². The highest BCUT2D eigenvalue weighted by Gasteiger charge is 2.33. The van der Waals surface area contributed by atoms with Crippen LogP contribution in [-0.4, -0.2) is 9.78 Å². The maximum absolute atomic E-state index is 12.7. The van der Waals surface area contributed by atoms with Crippen LogP contribution in [0.1, 0.15) is 5.69 Å². The second-order valence-electron chi connectivity index (χ2n) is 4.76. The van der Waals surface area contributed by atoms with Crippen molar-refractivity contribution < 1.29 is 13.2 Å². The Hall–Kier alpha value is -2.76. The fourth-order valence-corrected chi connectivity index (χ4v) is 2.19. The third-order valence-corrected chi connectivity index (χ3v) is 3.24. The molecule has 0 fully saturated rings. The lowest BCUT2D eigenvalue weighted by molar-refractivity contribution is -0.141. The fraction of sp³-hybridized carbons (Fsp3) is 0.0625. The topological polar surface area (TPSA) is 37.8 Å². The van der Waals surface area contributed by atoms with Crippen molar-refractivity contribution in [3.05, 3.63) is 76.7 Å². The highest BCUT2D eigenvalue weighted by molar-refractivity contribution is 5.65. The molecule has 0 spiro atoms. The minimum absolute atomic E-state index is 0.349. The Labute approximate surface area is 123 Å². The Morgan fingerprint density at radius 1 is 0.864 bits per heavy atom. The minimum Gasteiger partial charge on any atom is -0.286 e. The number of nitrogens with one attached hydrogen (secondary N) is 1. The number of rotatable bonds is 2. The predicted molar refractivity (Wildman–Crippen MR) is 76.8 cm³/mol. The number of benzene rings is 2. The van der Waals surface area contributed by atoms with Crippen LogP contribution in [0.15, 0.2) is 65.5 Å². The average Bonchev–Trinajstić information content (AvgIpc) is 2.90. The van der Waals surface area contributed by atoms with Gasteiger partial charge in [-0.1, -0.05) is 42.5 Å². The molecule has 0 saturated carbocycles. The van der Waals surface area contributed by atoms with Gasteiger partial charge in [-0.15, -0.1) is 0 Å². The van der Waals surface area contributed by atoms with Crippen molar-refractivity contribution in [2.24, 2.45) is 0 Å². The van der Waals surface area contributed by atoms with Gasteiger partial charge in [0, 0.05) is 6.07 Å². The van der Waals surface area contributed by atoms with Crippen LogP contribution in [0.4, 0.5) is 13.2 Å². The second kappa shape index (κ2) is 5.22. The first kappa shape index (κ1) is 14.2. The number of H-pyrrole nitrogens is 1. The van der Waals surface area contributed by atoms with Gasteiger partial charge in [-0.25, -0.2) is 4.68 Å². The first-order valence-corrected chi connectivity index (χ1v) is 6.50. The maximum atomic E-state index is 12.7. The van der Waals surface area contributed by atoms with Gasteiger partial charge in [-0.05, 0) is 23.3 Å². The van der Waals surface area contributed by atoms with Crippen molar-refractivity contribution in [2.75, 3.05) is 0 Å². The van der Waals surface area contributed by atoms with Gasteiger partial charge in [0.15, 0.2) is 0 Å². The molecule has 112 valence electrons. The van der Waals surface area contributed by atoms with E-state index in [9.17, 15) is 18.0 Å². The van der Waals surface area contributed by atoms with E-state index in [1.54, 1.807) is 18.2 Å². The first-order valence-electron chi connectivity index (χ1n) is 6.50. The molecular weight excluding hydrogens is 293 g/mol. The summed E-state index contributed by atoms with van der Waals surface area (Å²) in [5.74, 6) is 0. The molecule has 0 unspecified atom stereocenters. The number of aromatic amines is 1. The van der Waals surface area contributed by atoms with Crippen molar-refractivity contribution in [2.45, 2.75) is 6.18 Å². The van der Waals surface area contributed by atoms with Crippen LogP contribution in [0, 0.1) is 0 Å². The van der Waals surface area contributed by atoms with E-state index >= 15 is 0 Å². The Balaban J connectivity index is 2.07. The lowest BCUT2D eigenvalue weighted by atomic mass is 10.1. The molecule has 0 amide bonds. The zero-order valence-electron chi connectivity index (χ0n) is 11.3. The number of halogens is 3. The SMILES string of the molecule is O=c1cc(C(F)(F)F)[nH]n1-c1cccc(-c2ccccc2)c1. The third-order valence-electron chi connectivity index (χ3n) is 3.24. The van der Waals surface area contributed by atoms with E-state index in [0.717, 1.165) is 15.8 Å². The summed E-state index contributed by atoms with van der Waals surface area (Å²) in [6, 6.07) is 16.7. The smallest absolute Gasteiger partial charge is 0.286 e. The van der Waals surface area contributed by atoms with Crippen LogP contribution in [0.5, 0.6) is 0 Å². The largest absolute Gasteiger partial charge is 0.432 e. The summed E-state index contributed by atoms with van der Waals surface area (Å²) >= 11 is 0. The second-order valence-corrected chi connectivity index (χ2v) is 4.76. The molecule has 6 heteroatoms. The van der Waals surface area contributed by atoms with E-state index < -0.39 is 17.4 Å². The summed E-state index contributed by atoms with van der Waals surface area (Å²) in [5.41, 5.74) is 0.259. The summed E-state index contributed by atoms with van der Waals surface area (Å²) in [6.07, 6.45) is -4.58. The molecule has 0 bridgehead atoms. The van der Waals surface area contributed by atoms with E-state index in [4.69, 9.17) is 0 Å². The van der Waals surface area contributed by atoms with Gasteiger partial charge in [0.05, 0.1) is 5.69 Å². The van der Waals surface area contributed by atoms with Crippen LogP contribution in [0.2, 0.25) is 0 Å². The summed E-state index contributed by atoms with van der Waals surface area (Å²) in [5, 5.41) is 2.10. The number of hydrogen-bond donors (Lipinski definition) is 1. The lowest BCUT2D eigenvalue weighted by Crippen LogP contribution is -2.13. The zero-order valence-corrected chi connectivity index (χ0v) is 11.3. The van der Waals surface area contributed by atoms with Crippen LogP contribution in [0.3, 0.4) is 0 Å². The molecule has 0 aliphatic carbocycles.